The second-order valence-electron chi connectivity index (χ2n) is 12.0. The molecule has 0 spiro atoms. The molecule has 5 heteroatoms. The van der Waals surface area contributed by atoms with Crippen molar-refractivity contribution in [2.24, 2.45) is 16.5 Å². The number of fused-ring (bicyclic) bond motifs is 3. The first-order chi connectivity index (χ1) is 19.9. The van der Waals surface area contributed by atoms with Crippen molar-refractivity contribution < 1.29 is 19.1 Å². The standard InChI is InChI=1S/C36H43NO4/c1-35-21-12-22-36(2,34(38)39-3)33(35)26-32(37-41-24-11-18-28-15-8-5-9-16-28)30-20-19-29(25-31(30)35)40-23-10-17-27-13-6-4-7-14-27/h4-9,13-16,19-20,25,33H,10-12,17-18,21-24,26H2,1-3H3/t33-,35-,36+/m1/s1. The second kappa shape index (κ2) is 12.9. The van der Waals surface area contributed by atoms with Gasteiger partial charge in [-0.3, -0.25) is 4.79 Å². The van der Waals surface area contributed by atoms with E-state index in [-0.39, 0.29) is 17.3 Å². The Bertz CT molecular complexity index is 1340. The summed E-state index contributed by atoms with van der Waals surface area (Å²) in [7, 11) is 1.50. The first-order valence-electron chi connectivity index (χ1n) is 15.1. The van der Waals surface area contributed by atoms with Crippen molar-refractivity contribution in [1.82, 2.24) is 0 Å². The maximum Gasteiger partial charge on any atom is 0.311 e. The molecular formula is C36H43NO4. The molecule has 5 nitrogen and oxygen atoms in total. The van der Waals surface area contributed by atoms with Gasteiger partial charge in [0.15, 0.2) is 0 Å². The Morgan fingerprint density at radius 2 is 1.54 bits per heavy atom. The highest BCUT2D eigenvalue weighted by Crippen LogP contribution is 2.58. The van der Waals surface area contributed by atoms with Gasteiger partial charge in [-0.1, -0.05) is 79.2 Å². The van der Waals surface area contributed by atoms with Gasteiger partial charge in [-0.15, -0.1) is 0 Å². The lowest BCUT2D eigenvalue weighted by molar-refractivity contribution is -0.160. The van der Waals surface area contributed by atoms with Crippen LogP contribution in [0.4, 0.5) is 0 Å². The van der Waals surface area contributed by atoms with Crippen LogP contribution in [0.2, 0.25) is 0 Å². The van der Waals surface area contributed by atoms with Crippen LogP contribution in [0.1, 0.15) is 74.6 Å². The van der Waals surface area contributed by atoms with Gasteiger partial charge in [0.1, 0.15) is 12.4 Å². The number of ether oxygens (including phenoxy) is 2. The molecule has 3 atom stereocenters. The maximum atomic E-state index is 13.2. The minimum Gasteiger partial charge on any atom is -0.494 e. The average molecular weight is 554 g/mol. The first kappa shape index (κ1) is 28.9. The molecule has 3 aromatic rings. The van der Waals surface area contributed by atoms with Crippen molar-refractivity contribution >= 4 is 11.7 Å². The Hall–Kier alpha value is -3.60. The Kier molecular flexibility index (Phi) is 9.12. The quantitative estimate of drug-likeness (QED) is 0.139. The lowest BCUT2D eigenvalue weighted by Gasteiger charge is -2.53. The van der Waals surface area contributed by atoms with Crippen molar-refractivity contribution in [1.29, 1.82) is 0 Å². The number of nitrogens with zero attached hydrogens (tertiary/aromatic N) is 1. The summed E-state index contributed by atoms with van der Waals surface area (Å²) in [6.07, 6.45) is 7.27. The molecule has 2 aliphatic carbocycles. The van der Waals surface area contributed by atoms with Crippen molar-refractivity contribution in [3.63, 3.8) is 0 Å². The number of methoxy groups -OCH3 is 1. The van der Waals surface area contributed by atoms with Crippen LogP contribution in [0.5, 0.6) is 5.75 Å². The smallest absolute Gasteiger partial charge is 0.311 e. The molecule has 0 unspecified atom stereocenters. The lowest BCUT2D eigenvalue weighted by Crippen LogP contribution is -2.53. The summed E-state index contributed by atoms with van der Waals surface area (Å²) in [4.78, 5) is 19.1. The molecule has 0 bridgehead atoms. The average Bonchev–Trinajstić information content (AvgIpc) is 3.00. The van der Waals surface area contributed by atoms with Gasteiger partial charge in [-0.05, 0) is 98.1 Å². The number of rotatable bonds is 11. The first-order valence-corrected chi connectivity index (χ1v) is 15.1. The summed E-state index contributed by atoms with van der Waals surface area (Å²) >= 11 is 0. The summed E-state index contributed by atoms with van der Waals surface area (Å²) in [5.41, 5.74) is 5.08. The van der Waals surface area contributed by atoms with Crippen LogP contribution in [0, 0.1) is 11.3 Å². The molecule has 216 valence electrons. The molecule has 0 N–H and O–H groups in total. The SMILES string of the molecule is COC(=O)[C@@]1(C)CCC[C@]2(C)c3cc(OCCCc4ccccc4)ccc3C(=NOCCCc3ccccc3)C[C@@H]12. The summed E-state index contributed by atoms with van der Waals surface area (Å²) in [6.45, 7) is 5.59. The molecule has 0 aliphatic heterocycles. The van der Waals surface area contributed by atoms with Crippen LogP contribution in [-0.4, -0.2) is 32.0 Å². The van der Waals surface area contributed by atoms with Crippen LogP contribution >= 0.6 is 0 Å². The fraction of sp³-hybridized carbons (Fsp3) is 0.444. The van der Waals surface area contributed by atoms with E-state index < -0.39 is 5.41 Å². The Morgan fingerprint density at radius 3 is 2.20 bits per heavy atom. The van der Waals surface area contributed by atoms with Crippen molar-refractivity contribution in [2.75, 3.05) is 20.3 Å². The van der Waals surface area contributed by atoms with Gasteiger partial charge < -0.3 is 14.3 Å². The van der Waals surface area contributed by atoms with Gasteiger partial charge in [-0.2, -0.15) is 0 Å². The van der Waals surface area contributed by atoms with Crippen molar-refractivity contribution in [2.45, 2.75) is 70.6 Å². The number of hydrogen-bond donors (Lipinski definition) is 0. The van der Waals surface area contributed by atoms with Gasteiger partial charge in [0, 0.05) is 5.56 Å². The molecule has 3 aromatic carbocycles. The second-order valence-corrected chi connectivity index (χ2v) is 12.0. The predicted octanol–water partition coefficient (Wildman–Crippen LogP) is 7.69. The summed E-state index contributed by atoms with van der Waals surface area (Å²) < 4.78 is 11.6. The fourth-order valence-corrected chi connectivity index (χ4v) is 7.07. The molecule has 1 saturated carbocycles. The molecule has 2 aliphatic rings. The Balaban J connectivity index is 1.36. The van der Waals surface area contributed by atoms with E-state index in [4.69, 9.17) is 19.5 Å². The van der Waals surface area contributed by atoms with Gasteiger partial charge in [0.2, 0.25) is 0 Å². The zero-order valence-corrected chi connectivity index (χ0v) is 24.7. The molecular weight excluding hydrogens is 510 g/mol. The molecule has 41 heavy (non-hydrogen) atoms. The zero-order valence-electron chi connectivity index (χ0n) is 24.7. The molecule has 0 radical (unpaired) electrons. The molecule has 5 rings (SSSR count). The third-order valence-electron chi connectivity index (χ3n) is 9.34. The number of benzene rings is 3. The third-order valence-corrected chi connectivity index (χ3v) is 9.34. The maximum absolute atomic E-state index is 13.2. The molecule has 0 heterocycles. The molecule has 0 saturated heterocycles. The van der Waals surface area contributed by atoms with E-state index in [1.165, 1.54) is 23.8 Å². The van der Waals surface area contributed by atoms with E-state index in [2.05, 4.69) is 80.6 Å². The minimum absolute atomic E-state index is 0.0590. The van der Waals surface area contributed by atoms with E-state index in [1.807, 2.05) is 12.1 Å². The number of oxime groups is 1. The normalized spacial score (nSPS) is 24.3. The van der Waals surface area contributed by atoms with Crippen LogP contribution in [0.25, 0.3) is 0 Å². The highest BCUT2D eigenvalue weighted by atomic mass is 16.6. The number of aryl methyl sites for hydroxylation is 2. The van der Waals surface area contributed by atoms with E-state index in [0.717, 1.165) is 62.0 Å². The summed E-state index contributed by atoms with van der Waals surface area (Å²) in [6, 6.07) is 27.4. The van der Waals surface area contributed by atoms with E-state index in [9.17, 15) is 4.79 Å². The van der Waals surface area contributed by atoms with Crippen LogP contribution in [0.3, 0.4) is 0 Å². The number of carbonyl (C=O) groups excluding carboxylic acids is 1. The van der Waals surface area contributed by atoms with E-state index in [1.54, 1.807) is 0 Å². The van der Waals surface area contributed by atoms with Crippen molar-refractivity contribution in [3.8, 4) is 5.75 Å². The van der Waals surface area contributed by atoms with Crippen LogP contribution in [-0.2, 0) is 32.6 Å². The highest BCUT2D eigenvalue weighted by Gasteiger charge is 2.57. The summed E-state index contributed by atoms with van der Waals surface area (Å²) in [5.74, 6) is 0.796. The molecule has 1 fully saturated rings. The third kappa shape index (κ3) is 6.34. The van der Waals surface area contributed by atoms with Gasteiger partial charge in [0.05, 0.1) is 24.8 Å². The molecule has 0 amide bonds. The monoisotopic (exact) mass is 553 g/mol. The van der Waals surface area contributed by atoms with Crippen LogP contribution < -0.4 is 4.74 Å². The Morgan fingerprint density at radius 1 is 0.878 bits per heavy atom. The fourth-order valence-electron chi connectivity index (χ4n) is 7.07. The van der Waals surface area contributed by atoms with Crippen LogP contribution in [0.15, 0.2) is 84.0 Å². The van der Waals surface area contributed by atoms with Gasteiger partial charge >= 0.3 is 5.97 Å². The zero-order chi connectivity index (χ0) is 28.7. The van der Waals surface area contributed by atoms with E-state index >= 15 is 0 Å². The number of hydrogen-bond acceptors (Lipinski definition) is 5. The largest absolute Gasteiger partial charge is 0.494 e. The van der Waals surface area contributed by atoms with E-state index in [0.29, 0.717) is 19.6 Å². The topological polar surface area (TPSA) is 57.1 Å². The molecule has 0 aromatic heterocycles. The highest BCUT2D eigenvalue weighted by molar-refractivity contribution is 6.04. The minimum atomic E-state index is -0.583. The Labute approximate surface area is 244 Å². The predicted molar refractivity (Wildman–Crippen MR) is 163 cm³/mol. The summed E-state index contributed by atoms with van der Waals surface area (Å²) in [5, 5.41) is 4.69. The number of esters is 1. The van der Waals surface area contributed by atoms with Crippen molar-refractivity contribution in [3.05, 3.63) is 101 Å². The van der Waals surface area contributed by atoms with Gasteiger partial charge in [0.25, 0.3) is 0 Å². The number of carbonyl (C=O) groups is 1. The van der Waals surface area contributed by atoms with Gasteiger partial charge in [-0.25, -0.2) is 0 Å². The lowest BCUT2D eigenvalue weighted by atomic mass is 9.49.